The lowest BCUT2D eigenvalue weighted by atomic mass is 10.1. The lowest BCUT2D eigenvalue weighted by Gasteiger charge is -2.00. The average molecular weight is 268 g/mol. The number of pyridine rings is 1. The number of hydrogen-bond acceptors (Lipinski definition) is 1. The minimum atomic E-state index is -0.0342. The van der Waals surface area contributed by atoms with Gasteiger partial charge < -0.3 is 4.98 Å². The maximum Gasteiger partial charge on any atom is 0.255 e. The summed E-state index contributed by atoms with van der Waals surface area (Å²) in [6, 6.07) is 5.65. The maximum atomic E-state index is 11.4. The van der Waals surface area contributed by atoms with Gasteiger partial charge in [0.1, 0.15) is 0 Å². The molecule has 0 aliphatic heterocycles. The molecule has 0 radical (unpaired) electrons. The summed E-state index contributed by atoms with van der Waals surface area (Å²) in [5, 5.41) is 1.74. The number of benzene rings is 1. The lowest BCUT2D eigenvalue weighted by Crippen LogP contribution is -2.05. The molecular formula is C12H14BrNO. The van der Waals surface area contributed by atoms with Crippen LogP contribution in [0.2, 0.25) is 0 Å². The van der Waals surface area contributed by atoms with Gasteiger partial charge in [-0.3, -0.25) is 4.79 Å². The van der Waals surface area contributed by atoms with E-state index in [0.717, 1.165) is 20.8 Å². The quantitative estimate of drug-likeness (QED) is 0.777. The minimum Gasteiger partial charge on any atom is -0.328 e. The van der Waals surface area contributed by atoms with E-state index in [9.17, 15) is 4.79 Å². The molecule has 0 aliphatic carbocycles. The fourth-order valence-corrected chi connectivity index (χ4v) is 1.73. The Morgan fingerprint density at radius 1 is 1.20 bits per heavy atom. The highest BCUT2D eigenvalue weighted by Crippen LogP contribution is 2.19. The molecule has 80 valence electrons. The second-order valence-electron chi connectivity index (χ2n) is 2.99. The first-order valence-electron chi connectivity index (χ1n) is 4.96. The molecule has 1 aromatic carbocycles. The summed E-state index contributed by atoms with van der Waals surface area (Å²) in [6.45, 7) is 5.98. The van der Waals surface area contributed by atoms with Gasteiger partial charge in [0, 0.05) is 16.1 Å². The van der Waals surface area contributed by atoms with Crippen molar-refractivity contribution in [1.29, 1.82) is 0 Å². The number of aryl methyl sites for hydroxylation is 1. The molecule has 3 heteroatoms. The first-order chi connectivity index (χ1) is 7.18. The highest BCUT2D eigenvalue weighted by Gasteiger charge is 2.00. The monoisotopic (exact) mass is 267 g/mol. The maximum absolute atomic E-state index is 11.4. The largest absolute Gasteiger partial charge is 0.328 e. The van der Waals surface area contributed by atoms with E-state index in [1.165, 1.54) is 0 Å². The molecule has 1 N–H and O–H groups in total. The topological polar surface area (TPSA) is 32.9 Å². The van der Waals surface area contributed by atoms with Crippen LogP contribution in [0.5, 0.6) is 0 Å². The third kappa shape index (κ3) is 2.48. The van der Waals surface area contributed by atoms with Gasteiger partial charge in [-0.2, -0.15) is 0 Å². The van der Waals surface area contributed by atoms with Gasteiger partial charge >= 0.3 is 0 Å². The zero-order chi connectivity index (χ0) is 11.4. The van der Waals surface area contributed by atoms with Crippen molar-refractivity contribution < 1.29 is 0 Å². The molecule has 0 spiro atoms. The summed E-state index contributed by atoms with van der Waals surface area (Å²) < 4.78 is 0.994. The van der Waals surface area contributed by atoms with Gasteiger partial charge in [-0.05, 0) is 36.1 Å². The molecule has 0 bridgehead atoms. The SMILES string of the molecule is CC.Cc1c[nH]c(=O)c2ccc(Br)cc12. The lowest BCUT2D eigenvalue weighted by molar-refractivity contribution is 1.24. The number of aromatic nitrogens is 1. The second kappa shape index (κ2) is 5.12. The summed E-state index contributed by atoms with van der Waals surface area (Å²) >= 11 is 3.38. The van der Waals surface area contributed by atoms with Gasteiger partial charge in [0.15, 0.2) is 0 Å². The standard InChI is InChI=1S/C10H8BrNO.C2H6/c1-6-5-12-10(13)8-3-2-7(11)4-9(6)8;1-2/h2-5H,1H3,(H,12,13);1-2H3. The molecule has 2 nitrogen and oxygen atoms in total. The van der Waals surface area contributed by atoms with Gasteiger partial charge in [-0.1, -0.05) is 29.8 Å². The highest BCUT2D eigenvalue weighted by atomic mass is 79.9. The van der Waals surface area contributed by atoms with E-state index in [-0.39, 0.29) is 5.56 Å². The fraction of sp³-hybridized carbons (Fsp3) is 0.250. The molecule has 0 fully saturated rings. The first kappa shape index (κ1) is 12.0. The molecule has 2 rings (SSSR count). The van der Waals surface area contributed by atoms with Crippen LogP contribution in [-0.4, -0.2) is 4.98 Å². The Bertz CT molecular complexity index is 517. The van der Waals surface area contributed by atoms with E-state index in [1.807, 2.05) is 39.0 Å². The van der Waals surface area contributed by atoms with Crippen LogP contribution in [0.25, 0.3) is 10.8 Å². The molecule has 0 unspecified atom stereocenters. The van der Waals surface area contributed by atoms with Crippen molar-refractivity contribution >= 4 is 26.7 Å². The zero-order valence-electron chi connectivity index (χ0n) is 9.10. The summed E-state index contributed by atoms with van der Waals surface area (Å²) in [6.07, 6.45) is 1.73. The van der Waals surface area contributed by atoms with E-state index in [4.69, 9.17) is 0 Å². The Labute approximate surface area is 97.5 Å². The van der Waals surface area contributed by atoms with Crippen LogP contribution < -0.4 is 5.56 Å². The number of halogens is 1. The second-order valence-corrected chi connectivity index (χ2v) is 3.91. The van der Waals surface area contributed by atoms with Gasteiger partial charge in [-0.15, -0.1) is 0 Å². The molecule has 0 saturated heterocycles. The van der Waals surface area contributed by atoms with E-state index in [2.05, 4.69) is 20.9 Å². The molecule has 1 aromatic heterocycles. The zero-order valence-corrected chi connectivity index (χ0v) is 10.7. The number of nitrogens with one attached hydrogen (secondary N) is 1. The van der Waals surface area contributed by atoms with Crippen molar-refractivity contribution in [2.75, 3.05) is 0 Å². The summed E-state index contributed by atoms with van der Waals surface area (Å²) in [5.74, 6) is 0. The minimum absolute atomic E-state index is 0.0342. The molecule has 0 amide bonds. The summed E-state index contributed by atoms with van der Waals surface area (Å²) in [5.41, 5.74) is 1.05. The molecule has 0 saturated carbocycles. The van der Waals surface area contributed by atoms with Crippen molar-refractivity contribution in [3.8, 4) is 0 Å². The van der Waals surface area contributed by atoms with Crippen LogP contribution in [0, 0.1) is 6.92 Å². The molecule has 0 atom stereocenters. The van der Waals surface area contributed by atoms with Gasteiger partial charge in [0.25, 0.3) is 5.56 Å². The number of fused-ring (bicyclic) bond motifs is 1. The molecule has 2 aromatic rings. The predicted molar refractivity (Wildman–Crippen MR) is 68.4 cm³/mol. The van der Waals surface area contributed by atoms with Crippen LogP contribution >= 0.6 is 15.9 Å². The number of aromatic amines is 1. The van der Waals surface area contributed by atoms with Gasteiger partial charge in [-0.25, -0.2) is 0 Å². The molecule has 15 heavy (non-hydrogen) atoms. The Morgan fingerprint density at radius 3 is 2.53 bits per heavy atom. The van der Waals surface area contributed by atoms with Crippen LogP contribution in [0.1, 0.15) is 19.4 Å². The normalized spacial score (nSPS) is 9.60. The third-order valence-corrected chi connectivity index (χ3v) is 2.56. The number of hydrogen-bond donors (Lipinski definition) is 1. The Hall–Kier alpha value is -1.09. The van der Waals surface area contributed by atoms with Crippen LogP contribution in [-0.2, 0) is 0 Å². The first-order valence-corrected chi connectivity index (χ1v) is 5.75. The van der Waals surface area contributed by atoms with Crippen molar-refractivity contribution in [3.63, 3.8) is 0 Å². The Balaban J connectivity index is 0.000000531. The average Bonchev–Trinajstić information content (AvgIpc) is 2.27. The molecule has 0 aliphatic rings. The molecular weight excluding hydrogens is 254 g/mol. The number of H-pyrrole nitrogens is 1. The summed E-state index contributed by atoms with van der Waals surface area (Å²) in [7, 11) is 0. The van der Waals surface area contributed by atoms with Crippen molar-refractivity contribution in [2.45, 2.75) is 20.8 Å². The van der Waals surface area contributed by atoms with Gasteiger partial charge in [0.05, 0.1) is 0 Å². The van der Waals surface area contributed by atoms with Crippen LogP contribution in [0.3, 0.4) is 0 Å². The smallest absolute Gasteiger partial charge is 0.255 e. The van der Waals surface area contributed by atoms with Crippen molar-refractivity contribution in [1.82, 2.24) is 4.98 Å². The van der Waals surface area contributed by atoms with E-state index >= 15 is 0 Å². The highest BCUT2D eigenvalue weighted by molar-refractivity contribution is 9.10. The summed E-state index contributed by atoms with van der Waals surface area (Å²) in [4.78, 5) is 14.1. The fourth-order valence-electron chi connectivity index (χ4n) is 1.37. The Kier molecular flexibility index (Phi) is 4.09. The van der Waals surface area contributed by atoms with Crippen molar-refractivity contribution in [2.24, 2.45) is 0 Å². The predicted octanol–water partition coefficient (Wildman–Crippen LogP) is 3.63. The van der Waals surface area contributed by atoms with E-state index in [1.54, 1.807) is 6.20 Å². The Morgan fingerprint density at radius 2 is 1.87 bits per heavy atom. The molecule has 1 heterocycles. The third-order valence-electron chi connectivity index (χ3n) is 2.07. The van der Waals surface area contributed by atoms with Crippen LogP contribution in [0.4, 0.5) is 0 Å². The van der Waals surface area contributed by atoms with E-state index < -0.39 is 0 Å². The number of rotatable bonds is 0. The van der Waals surface area contributed by atoms with Gasteiger partial charge in [0.2, 0.25) is 0 Å². The van der Waals surface area contributed by atoms with E-state index in [0.29, 0.717) is 0 Å². The van der Waals surface area contributed by atoms with Crippen LogP contribution in [0.15, 0.2) is 33.7 Å². The van der Waals surface area contributed by atoms with Crippen molar-refractivity contribution in [3.05, 3.63) is 44.8 Å².